The number of thiocarbonyl (C=S) groups is 1. The van der Waals surface area contributed by atoms with Gasteiger partial charge in [0.05, 0.1) is 10.9 Å². The quantitative estimate of drug-likeness (QED) is 0.802. The van der Waals surface area contributed by atoms with Gasteiger partial charge in [0.25, 0.3) is 0 Å². The third kappa shape index (κ3) is 3.49. The van der Waals surface area contributed by atoms with Crippen molar-refractivity contribution in [3.63, 3.8) is 0 Å². The minimum atomic E-state index is -0.447. The topological polar surface area (TPSA) is 68.0 Å². The monoisotopic (exact) mass is 251 g/mol. The molecule has 0 aromatic carbocycles. The zero-order valence-electron chi connectivity index (χ0n) is 10.2. The van der Waals surface area contributed by atoms with E-state index in [-0.39, 0.29) is 16.8 Å². The molecule has 0 saturated heterocycles. The number of amides is 1. The fourth-order valence-electron chi connectivity index (χ4n) is 1.58. The molecular weight excluding hydrogens is 234 g/mol. The number of carbonyl (C=O) groups is 1. The van der Waals surface area contributed by atoms with Crippen molar-refractivity contribution in [3.05, 3.63) is 24.0 Å². The average Bonchev–Trinajstić information content (AvgIpc) is 2.20. The Morgan fingerprint density at radius 1 is 1.53 bits per heavy atom. The Morgan fingerprint density at radius 3 is 2.65 bits per heavy atom. The minimum absolute atomic E-state index is 0.0784. The number of nitrogens with zero attached hydrogens (tertiary/aromatic N) is 1. The van der Waals surface area contributed by atoms with Crippen molar-refractivity contribution in [2.24, 2.45) is 17.6 Å². The molecule has 1 rings (SSSR count). The second-order valence-electron chi connectivity index (χ2n) is 4.30. The van der Waals surface area contributed by atoms with E-state index in [1.54, 1.807) is 18.5 Å². The molecule has 1 atom stereocenters. The van der Waals surface area contributed by atoms with Crippen molar-refractivity contribution in [1.82, 2.24) is 4.98 Å². The van der Waals surface area contributed by atoms with Crippen LogP contribution in [0.5, 0.6) is 0 Å². The standard InChI is InChI=1S/C12H17N3OS/c1-7(2)10(11(13)17)12(16)15-9-4-5-14-6-8(9)3/h4-7,10H,1-3H3,(H2,13,17)(H,14,15,16). The van der Waals surface area contributed by atoms with E-state index >= 15 is 0 Å². The summed E-state index contributed by atoms with van der Waals surface area (Å²) in [6.45, 7) is 5.72. The Bertz CT molecular complexity index is 432. The molecule has 17 heavy (non-hydrogen) atoms. The van der Waals surface area contributed by atoms with Crippen LogP contribution in [0.25, 0.3) is 0 Å². The molecule has 5 heteroatoms. The third-order valence-corrected chi connectivity index (χ3v) is 2.79. The number of nitrogens with two attached hydrogens (primary N) is 1. The third-order valence-electron chi connectivity index (χ3n) is 2.53. The summed E-state index contributed by atoms with van der Waals surface area (Å²) < 4.78 is 0. The lowest BCUT2D eigenvalue weighted by Gasteiger charge is -2.19. The molecule has 1 amide bonds. The largest absolute Gasteiger partial charge is 0.393 e. The number of aryl methyl sites for hydroxylation is 1. The maximum Gasteiger partial charge on any atom is 0.234 e. The van der Waals surface area contributed by atoms with Crippen molar-refractivity contribution in [3.8, 4) is 0 Å². The molecule has 0 aliphatic heterocycles. The van der Waals surface area contributed by atoms with Gasteiger partial charge in [-0.2, -0.15) is 0 Å². The Morgan fingerprint density at radius 2 is 2.18 bits per heavy atom. The van der Waals surface area contributed by atoms with Gasteiger partial charge in [-0.25, -0.2) is 0 Å². The maximum absolute atomic E-state index is 12.0. The molecule has 4 nitrogen and oxygen atoms in total. The van der Waals surface area contributed by atoms with E-state index in [4.69, 9.17) is 18.0 Å². The van der Waals surface area contributed by atoms with E-state index < -0.39 is 5.92 Å². The lowest BCUT2D eigenvalue weighted by atomic mass is 9.95. The highest BCUT2D eigenvalue weighted by Gasteiger charge is 2.25. The Hall–Kier alpha value is -1.49. The van der Waals surface area contributed by atoms with Crippen LogP contribution in [0, 0.1) is 18.8 Å². The first kappa shape index (κ1) is 13.6. The van der Waals surface area contributed by atoms with Crippen LogP contribution in [0.15, 0.2) is 18.5 Å². The molecule has 1 aromatic rings. The lowest BCUT2D eigenvalue weighted by Crippen LogP contribution is -2.36. The number of rotatable bonds is 4. The summed E-state index contributed by atoms with van der Waals surface area (Å²) in [7, 11) is 0. The predicted octanol–water partition coefficient (Wildman–Crippen LogP) is 1.89. The number of anilines is 1. The fraction of sp³-hybridized carbons (Fsp3) is 0.417. The van der Waals surface area contributed by atoms with Crippen LogP contribution < -0.4 is 11.1 Å². The minimum Gasteiger partial charge on any atom is -0.393 e. The molecule has 1 heterocycles. The van der Waals surface area contributed by atoms with E-state index in [0.29, 0.717) is 0 Å². The van der Waals surface area contributed by atoms with Gasteiger partial charge in [0.15, 0.2) is 0 Å². The van der Waals surface area contributed by atoms with Crippen molar-refractivity contribution >= 4 is 28.8 Å². The highest BCUT2D eigenvalue weighted by molar-refractivity contribution is 7.80. The van der Waals surface area contributed by atoms with Crippen LogP contribution in [0.4, 0.5) is 5.69 Å². The summed E-state index contributed by atoms with van der Waals surface area (Å²) in [5, 5.41) is 2.83. The molecule has 1 unspecified atom stereocenters. The van der Waals surface area contributed by atoms with Crippen LogP contribution in [-0.2, 0) is 4.79 Å². The Labute approximate surface area is 107 Å². The van der Waals surface area contributed by atoms with Crippen molar-refractivity contribution in [1.29, 1.82) is 0 Å². The fourth-order valence-corrected chi connectivity index (χ4v) is 1.96. The van der Waals surface area contributed by atoms with Crippen LogP contribution >= 0.6 is 12.2 Å². The number of pyridine rings is 1. The van der Waals surface area contributed by atoms with Crippen LogP contribution in [0.3, 0.4) is 0 Å². The van der Waals surface area contributed by atoms with E-state index in [2.05, 4.69) is 10.3 Å². The van der Waals surface area contributed by atoms with Gasteiger partial charge >= 0.3 is 0 Å². The van der Waals surface area contributed by atoms with Gasteiger partial charge < -0.3 is 11.1 Å². The second-order valence-corrected chi connectivity index (χ2v) is 4.78. The average molecular weight is 251 g/mol. The number of hydrogen-bond acceptors (Lipinski definition) is 3. The summed E-state index contributed by atoms with van der Waals surface area (Å²) in [4.78, 5) is 16.2. The summed E-state index contributed by atoms with van der Waals surface area (Å²) in [5.74, 6) is -0.533. The smallest absolute Gasteiger partial charge is 0.234 e. The number of nitrogens with one attached hydrogen (secondary N) is 1. The molecule has 0 fully saturated rings. The molecule has 0 radical (unpaired) electrons. The van der Waals surface area contributed by atoms with Gasteiger partial charge in [0.2, 0.25) is 5.91 Å². The van der Waals surface area contributed by atoms with Gasteiger partial charge in [0, 0.05) is 18.1 Å². The summed E-state index contributed by atoms with van der Waals surface area (Å²) in [5.41, 5.74) is 7.24. The molecule has 92 valence electrons. The number of hydrogen-bond donors (Lipinski definition) is 2. The van der Waals surface area contributed by atoms with Gasteiger partial charge in [-0.1, -0.05) is 26.1 Å². The molecule has 0 saturated carbocycles. The molecule has 3 N–H and O–H groups in total. The molecule has 0 aliphatic carbocycles. The number of aromatic nitrogens is 1. The molecular formula is C12H17N3OS. The maximum atomic E-state index is 12.0. The van der Waals surface area contributed by atoms with E-state index in [1.165, 1.54) is 0 Å². The normalized spacial score (nSPS) is 12.2. The SMILES string of the molecule is Cc1cnccc1NC(=O)C(C(N)=S)C(C)C. The van der Waals surface area contributed by atoms with Gasteiger partial charge in [0.1, 0.15) is 0 Å². The Kier molecular flexibility index (Phi) is 4.57. The molecule has 0 spiro atoms. The van der Waals surface area contributed by atoms with E-state index in [1.807, 2.05) is 20.8 Å². The van der Waals surface area contributed by atoms with Gasteiger partial charge in [-0.05, 0) is 24.5 Å². The number of carbonyl (C=O) groups excluding carboxylic acids is 1. The van der Waals surface area contributed by atoms with Crippen molar-refractivity contribution < 1.29 is 4.79 Å². The predicted molar refractivity (Wildman–Crippen MR) is 72.7 cm³/mol. The zero-order valence-corrected chi connectivity index (χ0v) is 11.0. The second kappa shape index (κ2) is 5.72. The van der Waals surface area contributed by atoms with E-state index in [9.17, 15) is 4.79 Å². The van der Waals surface area contributed by atoms with Crippen LogP contribution in [0.1, 0.15) is 19.4 Å². The van der Waals surface area contributed by atoms with Gasteiger partial charge in [-0.15, -0.1) is 0 Å². The van der Waals surface area contributed by atoms with Crippen molar-refractivity contribution in [2.75, 3.05) is 5.32 Å². The molecule has 0 aliphatic rings. The molecule has 1 aromatic heterocycles. The highest BCUT2D eigenvalue weighted by atomic mass is 32.1. The first-order valence-electron chi connectivity index (χ1n) is 5.44. The van der Waals surface area contributed by atoms with E-state index in [0.717, 1.165) is 11.3 Å². The summed E-state index contributed by atoms with van der Waals surface area (Å²) in [6.07, 6.45) is 3.33. The summed E-state index contributed by atoms with van der Waals surface area (Å²) in [6, 6.07) is 1.75. The first-order valence-corrected chi connectivity index (χ1v) is 5.85. The Balaban J connectivity index is 2.85. The van der Waals surface area contributed by atoms with Crippen molar-refractivity contribution in [2.45, 2.75) is 20.8 Å². The summed E-state index contributed by atoms with van der Waals surface area (Å²) >= 11 is 4.92. The first-order chi connectivity index (χ1) is 7.93. The lowest BCUT2D eigenvalue weighted by molar-refractivity contribution is -0.118. The van der Waals surface area contributed by atoms with Gasteiger partial charge in [-0.3, -0.25) is 9.78 Å². The highest BCUT2D eigenvalue weighted by Crippen LogP contribution is 2.17. The van der Waals surface area contributed by atoms with Crippen LogP contribution in [0.2, 0.25) is 0 Å². The molecule has 0 bridgehead atoms. The zero-order chi connectivity index (χ0) is 13.0. The van der Waals surface area contributed by atoms with Crippen LogP contribution in [-0.4, -0.2) is 15.9 Å².